The van der Waals surface area contributed by atoms with Gasteiger partial charge in [0, 0.05) is 11.6 Å². The van der Waals surface area contributed by atoms with Crippen molar-refractivity contribution in [2.75, 3.05) is 13.7 Å². The third-order valence-electron chi connectivity index (χ3n) is 3.00. The van der Waals surface area contributed by atoms with Gasteiger partial charge in [0.2, 0.25) is 0 Å². The smallest absolute Gasteiger partial charge is 0.0900 e. The average molecular weight is 404 g/mol. The fraction of sp³-hybridized carbons (Fsp3) is 0.308. The van der Waals surface area contributed by atoms with Crippen molar-refractivity contribution >= 4 is 31.9 Å². The third-order valence-corrected chi connectivity index (χ3v) is 4.33. The Morgan fingerprint density at radius 2 is 2.10 bits per heavy atom. The molecular formula is C13H16Br2N4O. The van der Waals surface area contributed by atoms with Gasteiger partial charge in [-0.25, -0.2) is 5.43 Å². The first-order valence-electron chi connectivity index (χ1n) is 6.09. The molecule has 0 radical (unpaired) electrons. The van der Waals surface area contributed by atoms with Crippen LogP contribution in [-0.2, 0) is 11.3 Å². The molecule has 20 heavy (non-hydrogen) atoms. The summed E-state index contributed by atoms with van der Waals surface area (Å²) in [6.45, 7) is 1.26. The molecular weight excluding hydrogens is 388 g/mol. The van der Waals surface area contributed by atoms with Gasteiger partial charge in [-0.15, -0.1) is 0 Å². The topological polar surface area (TPSA) is 65.1 Å². The highest BCUT2D eigenvalue weighted by Crippen LogP contribution is 2.32. The number of hydrogen-bond acceptors (Lipinski definition) is 4. The first-order valence-corrected chi connectivity index (χ1v) is 7.68. The Morgan fingerprint density at radius 1 is 1.35 bits per heavy atom. The molecule has 2 rings (SSSR count). The number of hydrogen-bond donors (Lipinski definition) is 2. The molecule has 7 heteroatoms. The molecule has 5 nitrogen and oxygen atoms in total. The summed E-state index contributed by atoms with van der Waals surface area (Å²) < 4.78 is 8.91. The van der Waals surface area contributed by atoms with E-state index < -0.39 is 0 Å². The zero-order chi connectivity index (χ0) is 14.5. The van der Waals surface area contributed by atoms with Gasteiger partial charge in [-0.05, 0) is 27.6 Å². The molecule has 1 unspecified atom stereocenters. The fourth-order valence-electron chi connectivity index (χ4n) is 2.04. The minimum absolute atomic E-state index is 0.167. The van der Waals surface area contributed by atoms with Gasteiger partial charge in [0.05, 0.1) is 35.6 Å². The van der Waals surface area contributed by atoms with Crippen LogP contribution in [0.5, 0.6) is 0 Å². The van der Waals surface area contributed by atoms with Gasteiger partial charge in [0.25, 0.3) is 0 Å². The molecule has 3 N–H and O–H groups in total. The summed E-state index contributed by atoms with van der Waals surface area (Å²) in [6.07, 6.45) is 1.77. The van der Waals surface area contributed by atoms with E-state index in [0.717, 1.165) is 20.2 Å². The molecule has 1 aromatic carbocycles. The summed E-state index contributed by atoms with van der Waals surface area (Å²) in [5.74, 6) is 5.77. The lowest BCUT2D eigenvalue weighted by molar-refractivity contribution is 0.182. The lowest BCUT2D eigenvalue weighted by Gasteiger charge is -2.20. The van der Waals surface area contributed by atoms with Gasteiger partial charge in [0.1, 0.15) is 0 Å². The van der Waals surface area contributed by atoms with E-state index in [1.54, 1.807) is 13.3 Å². The number of ether oxygens (including phenoxy) is 1. The van der Waals surface area contributed by atoms with Gasteiger partial charge in [-0.3, -0.25) is 10.5 Å². The number of rotatable bonds is 6. The second kappa shape index (κ2) is 7.33. The Morgan fingerprint density at radius 3 is 2.75 bits per heavy atom. The van der Waals surface area contributed by atoms with E-state index in [1.807, 2.05) is 28.9 Å². The monoisotopic (exact) mass is 402 g/mol. The summed E-state index contributed by atoms with van der Waals surface area (Å²) in [4.78, 5) is 0. The van der Waals surface area contributed by atoms with Crippen molar-refractivity contribution in [1.82, 2.24) is 15.2 Å². The van der Waals surface area contributed by atoms with Crippen molar-refractivity contribution in [1.29, 1.82) is 0 Å². The lowest BCUT2D eigenvalue weighted by atomic mass is 10.0. The van der Waals surface area contributed by atoms with Crippen molar-refractivity contribution in [2.24, 2.45) is 5.84 Å². The molecule has 1 heterocycles. The number of nitrogens with zero attached hydrogens (tertiary/aromatic N) is 2. The maximum atomic E-state index is 5.77. The van der Waals surface area contributed by atoms with Gasteiger partial charge in [0.15, 0.2) is 0 Å². The van der Waals surface area contributed by atoms with E-state index in [-0.39, 0.29) is 6.04 Å². The van der Waals surface area contributed by atoms with E-state index in [2.05, 4.69) is 42.4 Å². The van der Waals surface area contributed by atoms with E-state index in [1.165, 1.54) is 0 Å². The molecule has 1 aromatic heterocycles. The molecule has 0 aliphatic rings. The van der Waals surface area contributed by atoms with Crippen LogP contribution in [-0.4, -0.2) is 23.5 Å². The van der Waals surface area contributed by atoms with Crippen LogP contribution in [0.1, 0.15) is 17.3 Å². The highest BCUT2D eigenvalue weighted by molar-refractivity contribution is 9.10. The SMILES string of the molecule is COCCn1ncc(Br)c1C(NN)c1ccccc1Br. The summed E-state index contributed by atoms with van der Waals surface area (Å²) in [5.41, 5.74) is 4.88. The zero-order valence-electron chi connectivity index (χ0n) is 11.0. The van der Waals surface area contributed by atoms with E-state index in [0.29, 0.717) is 13.2 Å². The first-order chi connectivity index (χ1) is 9.69. The normalized spacial score (nSPS) is 12.6. The van der Waals surface area contributed by atoms with E-state index in [4.69, 9.17) is 10.6 Å². The van der Waals surface area contributed by atoms with Crippen molar-refractivity contribution in [3.05, 3.63) is 50.7 Å². The number of nitrogens with one attached hydrogen (secondary N) is 1. The molecule has 0 saturated heterocycles. The van der Waals surface area contributed by atoms with Crippen LogP contribution in [0.2, 0.25) is 0 Å². The zero-order valence-corrected chi connectivity index (χ0v) is 14.2. The molecule has 0 fully saturated rings. The van der Waals surface area contributed by atoms with Crippen LogP contribution in [0.15, 0.2) is 39.4 Å². The molecule has 0 amide bonds. The van der Waals surface area contributed by atoms with Gasteiger partial charge < -0.3 is 4.74 Å². The van der Waals surface area contributed by atoms with Gasteiger partial charge >= 0.3 is 0 Å². The second-order valence-electron chi connectivity index (χ2n) is 4.21. The standard InChI is InChI=1S/C13H16Br2N4O/c1-20-7-6-19-13(11(15)8-17-19)12(18-16)9-4-2-3-5-10(9)14/h2-5,8,12,18H,6-7,16H2,1H3. The van der Waals surface area contributed by atoms with Gasteiger partial charge in [-0.1, -0.05) is 34.1 Å². The predicted octanol–water partition coefficient (Wildman–Crippen LogP) is 2.61. The van der Waals surface area contributed by atoms with Crippen LogP contribution >= 0.6 is 31.9 Å². The molecule has 1 atom stereocenters. The fourth-order valence-corrected chi connectivity index (χ4v) is 3.08. The van der Waals surface area contributed by atoms with E-state index >= 15 is 0 Å². The number of methoxy groups -OCH3 is 1. The predicted molar refractivity (Wildman–Crippen MR) is 85.1 cm³/mol. The molecule has 0 aliphatic heterocycles. The number of nitrogens with two attached hydrogens (primary N) is 1. The Labute approximate surface area is 134 Å². The molecule has 108 valence electrons. The van der Waals surface area contributed by atoms with Crippen molar-refractivity contribution in [3.63, 3.8) is 0 Å². The maximum Gasteiger partial charge on any atom is 0.0900 e. The summed E-state index contributed by atoms with van der Waals surface area (Å²) >= 11 is 7.10. The molecule has 0 bridgehead atoms. The van der Waals surface area contributed by atoms with Crippen molar-refractivity contribution in [2.45, 2.75) is 12.6 Å². The van der Waals surface area contributed by atoms with Crippen molar-refractivity contribution in [3.8, 4) is 0 Å². The quantitative estimate of drug-likeness (QED) is 0.574. The lowest BCUT2D eigenvalue weighted by Crippen LogP contribution is -2.31. The Balaban J connectivity index is 2.42. The number of hydrazine groups is 1. The Kier molecular flexibility index (Phi) is 5.74. The molecule has 0 aliphatic carbocycles. The minimum atomic E-state index is -0.167. The van der Waals surface area contributed by atoms with Crippen LogP contribution in [0.3, 0.4) is 0 Å². The Hall–Kier alpha value is -0.730. The summed E-state index contributed by atoms with van der Waals surface area (Å²) in [6, 6.07) is 7.80. The molecule has 2 aromatic rings. The van der Waals surface area contributed by atoms with Crippen LogP contribution < -0.4 is 11.3 Å². The van der Waals surface area contributed by atoms with Crippen LogP contribution in [0, 0.1) is 0 Å². The van der Waals surface area contributed by atoms with Crippen LogP contribution in [0.4, 0.5) is 0 Å². The first kappa shape index (κ1) is 15.7. The van der Waals surface area contributed by atoms with Crippen molar-refractivity contribution < 1.29 is 4.74 Å². The molecule has 0 saturated carbocycles. The largest absolute Gasteiger partial charge is 0.383 e. The second-order valence-corrected chi connectivity index (χ2v) is 5.92. The Bertz CT molecular complexity index is 573. The van der Waals surface area contributed by atoms with Crippen LogP contribution in [0.25, 0.3) is 0 Å². The maximum absolute atomic E-state index is 5.77. The minimum Gasteiger partial charge on any atom is -0.383 e. The number of halogens is 2. The highest BCUT2D eigenvalue weighted by atomic mass is 79.9. The highest BCUT2D eigenvalue weighted by Gasteiger charge is 2.22. The average Bonchev–Trinajstić information content (AvgIpc) is 2.81. The van der Waals surface area contributed by atoms with Gasteiger partial charge in [-0.2, -0.15) is 5.10 Å². The third kappa shape index (κ3) is 3.29. The summed E-state index contributed by atoms with van der Waals surface area (Å²) in [5, 5.41) is 4.36. The number of benzene rings is 1. The summed E-state index contributed by atoms with van der Waals surface area (Å²) in [7, 11) is 1.67. The van der Waals surface area contributed by atoms with E-state index in [9.17, 15) is 0 Å². The molecule has 0 spiro atoms. The number of aromatic nitrogens is 2.